The van der Waals surface area contributed by atoms with Crippen molar-refractivity contribution in [2.45, 2.75) is 64.1 Å². The van der Waals surface area contributed by atoms with Crippen LogP contribution >= 0.6 is 0 Å². The van der Waals surface area contributed by atoms with Gasteiger partial charge in [0, 0.05) is 55.2 Å². The van der Waals surface area contributed by atoms with Crippen LogP contribution in [0.5, 0.6) is 5.75 Å². The molecule has 2 aromatic rings. The second-order valence-corrected chi connectivity index (χ2v) is 10.9. The summed E-state index contributed by atoms with van der Waals surface area (Å²) in [5.74, 6) is 2.12. The zero-order valence-corrected chi connectivity index (χ0v) is 21.2. The third-order valence-electron chi connectivity index (χ3n) is 6.79. The van der Waals surface area contributed by atoms with E-state index in [-0.39, 0.29) is 18.0 Å². The summed E-state index contributed by atoms with van der Waals surface area (Å²) < 4.78 is 11.7. The summed E-state index contributed by atoms with van der Waals surface area (Å²) in [4.78, 5) is 31.2. The SMILES string of the molecule is CN(CC(=O)NC(C)(C)C)c1nc(-c2cc(OCCN3C[C@@H]4CC3CO4)ccn2)nc2c1CCC2. The molecule has 2 atom stereocenters. The first kappa shape index (κ1) is 23.9. The number of hydrogen-bond acceptors (Lipinski definition) is 8. The molecule has 9 nitrogen and oxygen atoms in total. The van der Waals surface area contributed by atoms with Gasteiger partial charge in [-0.3, -0.25) is 14.7 Å². The van der Waals surface area contributed by atoms with Crippen molar-refractivity contribution in [3.8, 4) is 17.3 Å². The fourth-order valence-electron chi connectivity index (χ4n) is 5.25. The molecule has 5 rings (SSSR count). The number of aryl methyl sites for hydroxylation is 1. The number of rotatable bonds is 8. The Kier molecular flexibility index (Phi) is 6.63. The van der Waals surface area contributed by atoms with Crippen molar-refractivity contribution in [2.24, 2.45) is 0 Å². The predicted octanol–water partition coefficient (Wildman–Crippen LogP) is 2.23. The Morgan fingerprint density at radius 3 is 2.91 bits per heavy atom. The Balaban J connectivity index is 1.29. The Morgan fingerprint density at radius 1 is 1.31 bits per heavy atom. The van der Waals surface area contributed by atoms with Crippen LogP contribution in [0.25, 0.3) is 11.5 Å². The molecule has 2 saturated heterocycles. The molecule has 4 heterocycles. The van der Waals surface area contributed by atoms with Crippen molar-refractivity contribution in [2.75, 3.05) is 44.8 Å². The minimum Gasteiger partial charge on any atom is -0.492 e. The van der Waals surface area contributed by atoms with Gasteiger partial charge in [0.1, 0.15) is 23.9 Å². The van der Waals surface area contributed by atoms with E-state index in [9.17, 15) is 4.79 Å². The molecule has 1 N–H and O–H groups in total. The number of carbonyl (C=O) groups is 1. The van der Waals surface area contributed by atoms with E-state index >= 15 is 0 Å². The number of morpholine rings is 1. The maximum absolute atomic E-state index is 12.5. The van der Waals surface area contributed by atoms with Gasteiger partial charge >= 0.3 is 0 Å². The molecule has 0 aromatic carbocycles. The van der Waals surface area contributed by atoms with Crippen LogP contribution in [-0.2, 0) is 22.4 Å². The van der Waals surface area contributed by atoms with Crippen molar-refractivity contribution in [3.05, 3.63) is 29.6 Å². The van der Waals surface area contributed by atoms with Gasteiger partial charge in [0.15, 0.2) is 5.82 Å². The van der Waals surface area contributed by atoms with E-state index < -0.39 is 0 Å². The number of pyridine rings is 1. The number of nitrogens with zero attached hydrogens (tertiary/aromatic N) is 5. The Morgan fingerprint density at radius 2 is 2.17 bits per heavy atom. The van der Waals surface area contributed by atoms with Crippen LogP contribution in [0.2, 0.25) is 0 Å². The Hall–Kier alpha value is -2.78. The standard InChI is InChI=1S/C26H36N6O3/c1-26(2,3)30-23(33)15-31(4)25-20-6-5-7-21(20)28-24(29-25)22-13-18(8-9-27-22)34-11-10-32-14-19-12-17(32)16-35-19/h8-9,13,17,19H,5-7,10-12,14-16H2,1-4H3,(H,30,33)/t17?,19-/m0/s1. The Labute approximate surface area is 207 Å². The smallest absolute Gasteiger partial charge is 0.239 e. The highest BCUT2D eigenvalue weighted by molar-refractivity contribution is 5.82. The average Bonchev–Trinajstić information content (AvgIpc) is 3.54. The minimum absolute atomic E-state index is 0.0294. The van der Waals surface area contributed by atoms with E-state index in [4.69, 9.17) is 19.4 Å². The highest BCUT2D eigenvalue weighted by atomic mass is 16.5. The Bertz CT molecular complexity index is 1090. The first-order chi connectivity index (χ1) is 16.7. The van der Waals surface area contributed by atoms with E-state index in [0.717, 1.165) is 68.2 Å². The topological polar surface area (TPSA) is 92.7 Å². The molecule has 0 spiro atoms. The van der Waals surface area contributed by atoms with Crippen molar-refractivity contribution < 1.29 is 14.3 Å². The van der Waals surface area contributed by atoms with Gasteiger partial charge in [-0.2, -0.15) is 0 Å². The van der Waals surface area contributed by atoms with Crippen molar-refractivity contribution in [3.63, 3.8) is 0 Å². The third kappa shape index (κ3) is 5.56. The van der Waals surface area contributed by atoms with Gasteiger partial charge in [0.2, 0.25) is 5.91 Å². The number of amides is 1. The van der Waals surface area contributed by atoms with Crippen LogP contribution in [0.4, 0.5) is 5.82 Å². The van der Waals surface area contributed by atoms with Gasteiger partial charge in [-0.05, 0) is 52.5 Å². The van der Waals surface area contributed by atoms with Crippen LogP contribution in [0, 0.1) is 0 Å². The summed E-state index contributed by atoms with van der Waals surface area (Å²) in [5.41, 5.74) is 2.59. The lowest BCUT2D eigenvalue weighted by atomic mass is 10.1. The first-order valence-corrected chi connectivity index (χ1v) is 12.6. The summed E-state index contributed by atoms with van der Waals surface area (Å²) in [6.07, 6.45) is 6.17. The van der Waals surface area contributed by atoms with Crippen molar-refractivity contribution in [1.29, 1.82) is 0 Å². The van der Waals surface area contributed by atoms with Gasteiger partial charge in [-0.15, -0.1) is 0 Å². The molecule has 0 saturated carbocycles. The molecule has 3 aliphatic rings. The van der Waals surface area contributed by atoms with Crippen molar-refractivity contribution >= 4 is 11.7 Å². The quantitative estimate of drug-likeness (QED) is 0.615. The fraction of sp³-hybridized carbons (Fsp3) is 0.615. The normalized spacial score (nSPS) is 21.3. The van der Waals surface area contributed by atoms with Crippen LogP contribution in [0.15, 0.2) is 18.3 Å². The molecular weight excluding hydrogens is 444 g/mol. The zero-order valence-electron chi connectivity index (χ0n) is 21.2. The summed E-state index contributed by atoms with van der Waals surface area (Å²) in [6, 6.07) is 4.32. The number of nitrogens with one attached hydrogen (secondary N) is 1. The number of hydrogen-bond donors (Lipinski definition) is 1. The number of fused-ring (bicyclic) bond motifs is 3. The highest BCUT2D eigenvalue weighted by Crippen LogP contribution is 2.31. The van der Waals surface area contributed by atoms with E-state index in [1.807, 2.05) is 44.9 Å². The molecule has 1 amide bonds. The second-order valence-electron chi connectivity index (χ2n) is 10.9. The number of likely N-dealkylation sites (tertiary alicyclic amines) is 1. The molecule has 2 aliphatic heterocycles. The molecule has 2 bridgehead atoms. The number of anilines is 1. The average molecular weight is 481 g/mol. The minimum atomic E-state index is -0.275. The van der Waals surface area contributed by atoms with Crippen LogP contribution in [-0.4, -0.2) is 83.3 Å². The highest BCUT2D eigenvalue weighted by Gasteiger charge is 2.38. The molecule has 9 heteroatoms. The molecule has 1 aliphatic carbocycles. The fourth-order valence-corrected chi connectivity index (χ4v) is 5.25. The second kappa shape index (κ2) is 9.70. The van der Waals surface area contributed by atoms with E-state index in [1.165, 1.54) is 0 Å². The van der Waals surface area contributed by atoms with E-state index in [1.54, 1.807) is 6.20 Å². The summed E-state index contributed by atoms with van der Waals surface area (Å²) in [6.45, 7) is 9.54. The molecular formula is C26H36N6O3. The van der Waals surface area contributed by atoms with Gasteiger partial charge in [-0.1, -0.05) is 0 Å². The summed E-state index contributed by atoms with van der Waals surface area (Å²) >= 11 is 0. The van der Waals surface area contributed by atoms with Gasteiger partial charge < -0.3 is 19.7 Å². The number of carbonyl (C=O) groups excluding carboxylic acids is 1. The summed E-state index contributed by atoms with van der Waals surface area (Å²) in [5, 5.41) is 3.03. The molecule has 1 unspecified atom stereocenters. The monoisotopic (exact) mass is 480 g/mol. The predicted molar refractivity (Wildman–Crippen MR) is 134 cm³/mol. The summed E-state index contributed by atoms with van der Waals surface area (Å²) in [7, 11) is 1.91. The van der Waals surface area contributed by atoms with Gasteiger partial charge in [0.25, 0.3) is 0 Å². The largest absolute Gasteiger partial charge is 0.492 e. The van der Waals surface area contributed by atoms with Gasteiger partial charge in [0.05, 0.1) is 19.3 Å². The number of aromatic nitrogens is 3. The number of likely N-dealkylation sites (N-methyl/N-ethyl adjacent to an activating group) is 1. The van der Waals surface area contributed by atoms with Crippen LogP contribution < -0.4 is 15.0 Å². The zero-order chi connectivity index (χ0) is 24.6. The van der Waals surface area contributed by atoms with E-state index in [2.05, 4.69) is 15.2 Å². The lowest BCUT2D eigenvalue weighted by Gasteiger charge is -2.26. The molecule has 188 valence electrons. The molecule has 2 aromatic heterocycles. The van der Waals surface area contributed by atoms with Gasteiger partial charge in [-0.25, -0.2) is 9.97 Å². The molecule has 2 fully saturated rings. The maximum atomic E-state index is 12.5. The lowest BCUT2D eigenvalue weighted by molar-refractivity contribution is -0.121. The lowest BCUT2D eigenvalue weighted by Crippen LogP contribution is -2.45. The van der Waals surface area contributed by atoms with E-state index in [0.29, 0.717) is 30.3 Å². The van der Waals surface area contributed by atoms with Crippen LogP contribution in [0.3, 0.4) is 0 Å². The molecule has 35 heavy (non-hydrogen) atoms. The number of ether oxygens (including phenoxy) is 2. The first-order valence-electron chi connectivity index (χ1n) is 12.6. The maximum Gasteiger partial charge on any atom is 0.239 e. The molecule has 0 radical (unpaired) electrons. The third-order valence-corrected chi connectivity index (χ3v) is 6.79. The van der Waals surface area contributed by atoms with Crippen molar-refractivity contribution in [1.82, 2.24) is 25.2 Å². The van der Waals surface area contributed by atoms with Crippen LogP contribution in [0.1, 0.15) is 44.9 Å².